The number of amides is 1. The maximum Gasteiger partial charge on any atom is 0.270 e. The summed E-state index contributed by atoms with van der Waals surface area (Å²) in [6.45, 7) is 3.27. The summed E-state index contributed by atoms with van der Waals surface area (Å²) >= 11 is 0. The lowest BCUT2D eigenvalue weighted by atomic mass is 9.97. The topological polar surface area (TPSA) is 58.4 Å². The fraction of sp³-hybridized carbons (Fsp3) is 0.412. The molecule has 4 heterocycles. The van der Waals surface area contributed by atoms with Crippen LogP contribution in [0.25, 0.3) is 11.0 Å². The number of aromatic nitrogens is 1. The molecular weight excluding hydrogens is 278 g/mol. The first-order chi connectivity index (χ1) is 10.7. The minimum absolute atomic E-state index is 0.140. The highest BCUT2D eigenvalue weighted by atomic mass is 16.3. The minimum Gasteiger partial charge on any atom is -0.461 e. The number of nitrogens with zero attached hydrogens (tertiary/aromatic N) is 2. The molecule has 2 aromatic rings. The molecule has 0 spiro atoms. The summed E-state index contributed by atoms with van der Waals surface area (Å²) in [7, 11) is 0. The molecule has 1 amide bonds. The summed E-state index contributed by atoms with van der Waals surface area (Å²) in [6, 6.07) is 1.92. The van der Waals surface area contributed by atoms with Crippen LogP contribution in [0.2, 0.25) is 0 Å². The van der Waals surface area contributed by atoms with E-state index in [0.29, 0.717) is 16.8 Å². The molecule has 2 fully saturated rings. The van der Waals surface area contributed by atoms with Crippen molar-refractivity contribution in [3.63, 3.8) is 0 Å². The SMILES string of the molecule is C#Cc1coc2cnc(C(=O)NC3CC4CCN(C4)C3)cc12. The molecule has 5 heteroatoms. The summed E-state index contributed by atoms with van der Waals surface area (Å²) in [5.41, 5.74) is 1.64. The zero-order valence-electron chi connectivity index (χ0n) is 12.2. The second kappa shape index (κ2) is 5.15. The van der Waals surface area contributed by atoms with E-state index in [1.54, 1.807) is 12.3 Å². The van der Waals surface area contributed by atoms with Crippen molar-refractivity contribution < 1.29 is 9.21 Å². The second-order valence-corrected chi connectivity index (χ2v) is 6.18. The molecule has 2 aromatic heterocycles. The standard InChI is InChI=1S/C17H17N3O2/c1-2-12-10-22-16-7-18-15(6-14(12)16)17(21)19-13-5-11-3-4-20(8-11)9-13/h1,6-7,10-11,13H,3-5,8-9H2,(H,19,21). The first-order valence-electron chi connectivity index (χ1n) is 7.60. The first kappa shape index (κ1) is 13.4. The normalized spacial score (nSPS) is 26.8. The Labute approximate surface area is 128 Å². The fourth-order valence-electron chi connectivity index (χ4n) is 3.59. The van der Waals surface area contributed by atoms with E-state index in [2.05, 4.69) is 21.1 Å². The number of fused-ring (bicyclic) bond motifs is 3. The van der Waals surface area contributed by atoms with Crippen molar-refractivity contribution in [3.8, 4) is 12.3 Å². The summed E-state index contributed by atoms with van der Waals surface area (Å²) in [5.74, 6) is 3.14. The molecule has 5 nitrogen and oxygen atoms in total. The van der Waals surface area contributed by atoms with Gasteiger partial charge < -0.3 is 14.6 Å². The van der Waals surface area contributed by atoms with Crippen molar-refractivity contribution in [2.24, 2.45) is 5.92 Å². The zero-order chi connectivity index (χ0) is 15.1. The highest BCUT2D eigenvalue weighted by molar-refractivity contribution is 5.96. The van der Waals surface area contributed by atoms with Crippen molar-refractivity contribution >= 4 is 16.9 Å². The Morgan fingerprint density at radius 3 is 3.23 bits per heavy atom. The lowest BCUT2D eigenvalue weighted by molar-refractivity contribution is 0.0904. The summed E-state index contributed by atoms with van der Waals surface area (Å²) in [5, 5.41) is 3.86. The molecule has 0 saturated carbocycles. The number of carbonyl (C=O) groups is 1. The number of terminal acetylenes is 1. The van der Waals surface area contributed by atoms with Crippen LogP contribution in [0.15, 0.2) is 22.9 Å². The first-order valence-corrected chi connectivity index (χ1v) is 7.60. The predicted octanol–water partition coefficient (Wildman–Crippen LogP) is 1.63. The van der Waals surface area contributed by atoms with Crippen molar-refractivity contribution in [1.29, 1.82) is 0 Å². The molecule has 1 N–H and O–H groups in total. The van der Waals surface area contributed by atoms with Crippen LogP contribution in [0.5, 0.6) is 0 Å². The van der Waals surface area contributed by atoms with Crippen molar-refractivity contribution in [1.82, 2.24) is 15.2 Å². The third-order valence-corrected chi connectivity index (χ3v) is 4.65. The Bertz CT molecular complexity index is 762. The van der Waals surface area contributed by atoms with Gasteiger partial charge in [-0.2, -0.15) is 0 Å². The highest BCUT2D eigenvalue weighted by Crippen LogP contribution is 2.27. The lowest BCUT2D eigenvalue weighted by Crippen LogP contribution is -2.47. The number of piperidine rings is 1. The summed E-state index contributed by atoms with van der Waals surface area (Å²) in [6.07, 6.45) is 10.8. The van der Waals surface area contributed by atoms with Gasteiger partial charge in [0, 0.05) is 24.5 Å². The van der Waals surface area contributed by atoms with Crippen LogP contribution >= 0.6 is 0 Å². The van der Waals surface area contributed by atoms with Crippen LogP contribution < -0.4 is 5.32 Å². The second-order valence-electron chi connectivity index (χ2n) is 6.18. The van der Waals surface area contributed by atoms with Gasteiger partial charge in [0.05, 0.1) is 11.8 Å². The predicted molar refractivity (Wildman–Crippen MR) is 82.4 cm³/mol. The van der Waals surface area contributed by atoms with Gasteiger partial charge in [0.1, 0.15) is 12.0 Å². The molecule has 0 aromatic carbocycles. The monoisotopic (exact) mass is 295 g/mol. The molecular formula is C17H17N3O2. The number of rotatable bonds is 2. The van der Waals surface area contributed by atoms with E-state index in [4.69, 9.17) is 10.8 Å². The van der Waals surface area contributed by atoms with Crippen LogP contribution in [0, 0.1) is 18.3 Å². The maximum absolute atomic E-state index is 12.4. The lowest BCUT2D eigenvalue weighted by Gasteiger charge is -2.30. The van der Waals surface area contributed by atoms with Gasteiger partial charge in [0.15, 0.2) is 5.58 Å². The van der Waals surface area contributed by atoms with Crippen molar-refractivity contribution in [3.05, 3.63) is 29.8 Å². The highest BCUT2D eigenvalue weighted by Gasteiger charge is 2.33. The van der Waals surface area contributed by atoms with E-state index in [-0.39, 0.29) is 11.9 Å². The maximum atomic E-state index is 12.4. The van der Waals surface area contributed by atoms with Gasteiger partial charge >= 0.3 is 0 Å². The van der Waals surface area contributed by atoms with E-state index in [0.717, 1.165) is 30.8 Å². The molecule has 2 saturated heterocycles. The number of nitrogens with one attached hydrogen (secondary N) is 1. The Balaban J connectivity index is 1.54. The van der Waals surface area contributed by atoms with Gasteiger partial charge in [0.25, 0.3) is 5.91 Å². The van der Waals surface area contributed by atoms with Crippen molar-refractivity contribution in [2.75, 3.05) is 19.6 Å². The molecule has 2 aliphatic heterocycles. The van der Waals surface area contributed by atoms with Gasteiger partial charge in [-0.25, -0.2) is 4.98 Å². The van der Waals surface area contributed by atoms with Gasteiger partial charge in [-0.15, -0.1) is 6.42 Å². The van der Waals surface area contributed by atoms with Crippen LogP contribution in [0.3, 0.4) is 0 Å². The van der Waals surface area contributed by atoms with E-state index >= 15 is 0 Å². The Hall–Kier alpha value is -2.32. The quantitative estimate of drug-likeness (QED) is 0.856. The van der Waals surface area contributed by atoms with Gasteiger partial charge in [-0.1, -0.05) is 5.92 Å². The van der Waals surface area contributed by atoms with Crippen LogP contribution in [0.1, 0.15) is 28.9 Å². The molecule has 4 rings (SSSR count). The summed E-state index contributed by atoms with van der Waals surface area (Å²) in [4.78, 5) is 19.0. The van der Waals surface area contributed by atoms with Gasteiger partial charge in [-0.05, 0) is 31.4 Å². The molecule has 0 radical (unpaired) electrons. The fourth-order valence-corrected chi connectivity index (χ4v) is 3.59. The summed E-state index contributed by atoms with van der Waals surface area (Å²) < 4.78 is 5.32. The molecule has 3 unspecified atom stereocenters. The zero-order valence-corrected chi connectivity index (χ0v) is 12.2. The average Bonchev–Trinajstić information content (AvgIpc) is 3.09. The van der Waals surface area contributed by atoms with Crippen LogP contribution in [-0.4, -0.2) is 41.5 Å². The molecule has 3 atom stereocenters. The van der Waals surface area contributed by atoms with E-state index in [1.165, 1.54) is 19.2 Å². The van der Waals surface area contributed by atoms with E-state index in [1.807, 2.05) is 0 Å². The number of pyridine rings is 1. The largest absolute Gasteiger partial charge is 0.461 e. The smallest absolute Gasteiger partial charge is 0.270 e. The number of hydrogen-bond donors (Lipinski definition) is 1. The molecule has 2 bridgehead atoms. The van der Waals surface area contributed by atoms with E-state index in [9.17, 15) is 4.79 Å². The Kier molecular flexibility index (Phi) is 3.12. The third kappa shape index (κ3) is 2.26. The van der Waals surface area contributed by atoms with Crippen LogP contribution in [0.4, 0.5) is 0 Å². The molecule has 2 aliphatic rings. The Morgan fingerprint density at radius 1 is 1.50 bits per heavy atom. The number of furan rings is 1. The van der Waals surface area contributed by atoms with Gasteiger partial charge in [0.2, 0.25) is 0 Å². The number of hydrogen-bond acceptors (Lipinski definition) is 4. The average molecular weight is 295 g/mol. The van der Waals surface area contributed by atoms with Crippen molar-refractivity contribution in [2.45, 2.75) is 18.9 Å². The van der Waals surface area contributed by atoms with Gasteiger partial charge in [-0.3, -0.25) is 4.79 Å². The Morgan fingerprint density at radius 2 is 2.41 bits per heavy atom. The third-order valence-electron chi connectivity index (χ3n) is 4.65. The van der Waals surface area contributed by atoms with E-state index < -0.39 is 0 Å². The minimum atomic E-state index is -0.140. The van der Waals surface area contributed by atoms with Crippen LogP contribution in [-0.2, 0) is 0 Å². The molecule has 0 aliphatic carbocycles. The molecule has 22 heavy (non-hydrogen) atoms. The number of carbonyl (C=O) groups excluding carboxylic acids is 1. The molecule has 112 valence electrons.